The van der Waals surface area contributed by atoms with Gasteiger partial charge in [0.05, 0.1) is 5.41 Å². The number of likely N-dealkylation sites (tertiary alicyclic amines) is 2. The molecule has 2 atom stereocenters. The van der Waals surface area contributed by atoms with E-state index in [-0.39, 0.29) is 11.9 Å². The van der Waals surface area contributed by atoms with Gasteiger partial charge in [-0.15, -0.1) is 0 Å². The molecule has 132 valence electrons. The number of carboxylic acid groups (broad SMARTS) is 1. The first-order chi connectivity index (χ1) is 11.4. The van der Waals surface area contributed by atoms with E-state index in [4.69, 9.17) is 0 Å². The topological polar surface area (TPSA) is 89.5 Å². The van der Waals surface area contributed by atoms with Gasteiger partial charge >= 0.3 is 5.97 Å². The van der Waals surface area contributed by atoms with Gasteiger partial charge in [-0.1, -0.05) is 6.92 Å². The number of nitrogens with one attached hydrogen (secondary N) is 1. The Morgan fingerprint density at radius 3 is 2.75 bits per heavy atom. The van der Waals surface area contributed by atoms with Gasteiger partial charge in [-0.2, -0.15) is 5.10 Å². The van der Waals surface area contributed by atoms with Gasteiger partial charge in [0, 0.05) is 30.4 Å². The molecule has 2 saturated heterocycles. The number of rotatable bonds is 3. The van der Waals surface area contributed by atoms with Crippen molar-refractivity contribution in [3.63, 3.8) is 0 Å². The van der Waals surface area contributed by atoms with E-state index in [1.807, 2.05) is 20.9 Å². The van der Waals surface area contributed by atoms with Crippen LogP contribution in [0.3, 0.4) is 0 Å². The van der Waals surface area contributed by atoms with Crippen LogP contribution in [-0.4, -0.2) is 69.7 Å². The Balaban J connectivity index is 1.84. The summed E-state index contributed by atoms with van der Waals surface area (Å²) in [6.07, 6.45) is 2.90. The van der Waals surface area contributed by atoms with Gasteiger partial charge in [0.2, 0.25) is 0 Å². The number of H-pyrrole nitrogens is 1. The summed E-state index contributed by atoms with van der Waals surface area (Å²) in [4.78, 5) is 28.7. The number of aliphatic carboxylic acids is 1. The number of amides is 1. The summed E-state index contributed by atoms with van der Waals surface area (Å²) in [6, 6.07) is -0.133. The number of carboxylic acids is 1. The van der Waals surface area contributed by atoms with Gasteiger partial charge < -0.3 is 14.9 Å². The highest BCUT2D eigenvalue weighted by atomic mass is 16.4. The lowest BCUT2D eigenvalue weighted by molar-refractivity contribution is -0.161. The average Bonchev–Trinajstić information content (AvgIpc) is 2.94. The van der Waals surface area contributed by atoms with Crippen LogP contribution >= 0.6 is 0 Å². The minimum absolute atomic E-state index is 0.0959. The van der Waals surface area contributed by atoms with Crippen molar-refractivity contribution in [1.29, 1.82) is 0 Å². The van der Waals surface area contributed by atoms with Crippen LogP contribution in [0, 0.1) is 12.3 Å². The standard InChI is InChI=1S/C17H26N4O3/c1-4-12-11(2)14(19-18-12)15(22)21-9-7-17(16(23)24)6-5-8-20(3)13(17)10-21/h13H,4-10H2,1-3H3,(H,18,19)(H,23,24)/t13-,17+/m1/s1. The Kier molecular flexibility index (Phi) is 4.38. The molecule has 0 unspecified atom stereocenters. The Labute approximate surface area is 142 Å². The van der Waals surface area contributed by atoms with Crippen LogP contribution in [0.15, 0.2) is 0 Å². The van der Waals surface area contributed by atoms with E-state index in [9.17, 15) is 14.7 Å². The third-order valence-electron chi connectivity index (χ3n) is 5.90. The molecule has 0 aliphatic carbocycles. The minimum Gasteiger partial charge on any atom is -0.481 e. The Morgan fingerprint density at radius 2 is 2.12 bits per heavy atom. The van der Waals surface area contributed by atoms with Crippen molar-refractivity contribution in [2.24, 2.45) is 5.41 Å². The molecule has 3 heterocycles. The van der Waals surface area contributed by atoms with Crippen LogP contribution in [0.25, 0.3) is 0 Å². The number of aromatic amines is 1. The van der Waals surface area contributed by atoms with E-state index in [1.165, 1.54) is 0 Å². The van der Waals surface area contributed by atoms with Crippen molar-refractivity contribution in [3.8, 4) is 0 Å². The summed E-state index contributed by atoms with van der Waals surface area (Å²) in [5, 5.41) is 16.9. The van der Waals surface area contributed by atoms with Crippen LogP contribution in [0.5, 0.6) is 0 Å². The number of hydrogen-bond acceptors (Lipinski definition) is 4. The second-order valence-corrected chi connectivity index (χ2v) is 7.09. The van der Waals surface area contributed by atoms with Gasteiger partial charge in [-0.05, 0) is 46.2 Å². The summed E-state index contributed by atoms with van der Waals surface area (Å²) in [6.45, 7) is 5.74. The van der Waals surface area contributed by atoms with Crippen LogP contribution in [-0.2, 0) is 11.2 Å². The number of likely N-dealkylation sites (N-methyl/N-ethyl adjacent to an activating group) is 1. The van der Waals surface area contributed by atoms with Crippen molar-refractivity contribution in [3.05, 3.63) is 17.0 Å². The SMILES string of the molecule is CCc1[nH]nc(C(=O)N2CC[C@@]3(C(=O)O)CCCN(C)[C@@H]3C2)c1C. The van der Waals surface area contributed by atoms with Crippen LogP contribution in [0.2, 0.25) is 0 Å². The minimum atomic E-state index is -0.727. The number of piperidine rings is 2. The maximum Gasteiger partial charge on any atom is 0.311 e. The van der Waals surface area contributed by atoms with Crippen molar-refractivity contribution in [1.82, 2.24) is 20.0 Å². The normalized spacial score (nSPS) is 27.8. The van der Waals surface area contributed by atoms with E-state index >= 15 is 0 Å². The molecule has 0 radical (unpaired) electrons. The first-order valence-corrected chi connectivity index (χ1v) is 8.67. The van der Waals surface area contributed by atoms with Crippen molar-refractivity contribution in [2.45, 2.75) is 45.6 Å². The molecule has 2 aliphatic heterocycles. The lowest BCUT2D eigenvalue weighted by Crippen LogP contribution is -2.63. The van der Waals surface area contributed by atoms with Gasteiger partial charge in [-0.25, -0.2) is 0 Å². The fourth-order valence-electron chi connectivity index (χ4n) is 4.31. The zero-order valence-electron chi connectivity index (χ0n) is 14.6. The molecular weight excluding hydrogens is 308 g/mol. The quantitative estimate of drug-likeness (QED) is 0.869. The molecule has 7 heteroatoms. The zero-order valence-corrected chi connectivity index (χ0v) is 14.6. The molecule has 1 aromatic heterocycles. The molecular formula is C17H26N4O3. The summed E-state index contributed by atoms with van der Waals surface area (Å²) in [7, 11) is 1.96. The van der Waals surface area contributed by atoms with Crippen molar-refractivity contribution >= 4 is 11.9 Å². The molecule has 7 nitrogen and oxygen atoms in total. The molecule has 0 aromatic carbocycles. The first-order valence-electron chi connectivity index (χ1n) is 8.67. The smallest absolute Gasteiger partial charge is 0.311 e. The number of aryl methyl sites for hydroxylation is 1. The van der Waals surface area contributed by atoms with Gasteiger partial charge in [0.1, 0.15) is 0 Å². The number of carbonyl (C=O) groups is 2. The summed E-state index contributed by atoms with van der Waals surface area (Å²) in [5.41, 5.74) is 1.62. The number of aromatic nitrogens is 2. The molecule has 0 bridgehead atoms. The highest BCUT2D eigenvalue weighted by Crippen LogP contribution is 2.42. The fourth-order valence-corrected chi connectivity index (χ4v) is 4.31. The summed E-state index contributed by atoms with van der Waals surface area (Å²) >= 11 is 0. The third-order valence-corrected chi connectivity index (χ3v) is 5.90. The molecule has 3 rings (SSSR count). The molecule has 0 saturated carbocycles. The number of nitrogens with zero attached hydrogens (tertiary/aromatic N) is 3. The van der Waals surface area contributed by atoms with Crippen molar-refractivity contribution in [2.75, 3.05) is 26.7 Å². The van der Waals surface area contributed by atoms with Gasteiger partial charge in [0.25, 0.3) is 5.91 Å². The van der Waals surface area contributed by atoms with Gasteiger partial charge in [0.15, 0.2) is 5.69 Å². The monoisotopic (exact) mass is 334 g/mol. The number of carbonyl (C=O) groups excluding carboxylic acids is 1. The average molecular weight is 334 g/mol. The molecule has 0 spiro atoms. The van der Waals surface area contributed by atoms with Crippen LogP contribution in [0.4, 0.5) is 0 Å². The van der Waals surface area contributed by atoms with Crippen LogP contribution < -0.4 is 0 Å². The molecule has 2 aliphatic rings. The molecule has 2 fully saturated rings. The second-order valence-electron chi connectivity index (χ2n) is 7.09. The Morgan fingerprint density at radius 1 is 1.38 bits per heavy atom. The van der Waals surface area contributed by atoms with Gasteiger partial charge in [-0.3, -0.25) is 14.7 Å². The highest BCUT2D eigenvalue weighted by Gasteiger charge is 2.53. The van der Waals surface area contributed by atoms with E-state index in [2.05, 4.69) is 15.1 Å². The van der Waals surface area contributed by atoms with E-state index in [1.54, 1.807) is 4.90 Å². The molecule has 1 amide bonds. The maximum absolute atomic E-state index is 12.9. The lowest BCUT2D eigenvalue weighted by atomic mass is 9.68. The highest BCUT2D eigenvalue weighted by molar-refractivity contribution is 5.94. The maximum atomic E-state index is 12.9. The number of fused-ring (bicyclic) bond motifs is 1. The second kappa shape index (κ2) is 6.20. The molecule has 2 N–H and O–H groups in total. The fraction of sp³-hybridized carbons (Fsp3) is 0.706. The largest absolute Gasteiger partial charge is 0.481 e. The third kappa shape index (κ3) is 2.51. The number of hydrogen-bond donors (Lipinski definition) is 2. The van der Waals surface area contributed by atoms with Crippen molar-refractivity contribution < 1.29 is 14.7 Å². The Hall–Kier alpha value is -1.89. The molecule has 24 heavy (non-hydrogen) atoms. The zero-order chi connectivity index (χ0) is 17.5. The predicted molar refractivity (Wildman–Crippen MR) is 88.9 cm³/mol. The predicted octanol–water partition coefficient (Wildman–Crippen LogP) is 1.29. The first kappa shape index (κ1) is 17.0. The Bertz CT molecular complexity index is 656. The van der Waals surface area contributed by atoms with E-state index in [0.29, 0.717) is 31.6 Å². The lowest BCUT2D eigenvalue weighted by Gasteiger charge is -2.51. The van der Waals surface area contributed by atoms with E-state index < -0.39 is 11.4 Å². The summed E-state index contributed by atoms with van der Waals surface area (Å²) < 4.78 is 0. The van der Waals surface area contributed by atoms with E-state index in [0.717, 1.165) is 30.6 Å². The summed E-state index contributed by atoms with van der Waals surface area (Å²) in [5.74, 6) is -0.822. The molecule has 1 aromatic rings. The van der Waals surface area contributed by atoms with Crippen LogP contribution in [0.1, 0.15) is 47.9 Å².